The number of aryl methyl sites for hydroxylation is 1. The molecule has 3 aromatic heterocycles. The Morgan fingerprint density at radius 3 is 2.73 bits per heavy atom. The number of hydrogen-bond donors (Lipinski definition) is 3. The zero-order valence-electron chi connectivity index (χ0n) is 17.0. The van der Waals surface area contributed by atoms with Crippen LogP contribution in [0.1, 0.15) is 59.1 Å². The van der Waals surface area contributed by atoms with E-state index in [2.05, 4.69) is 25.4 Å². The summed E-state index contributed by atoms with van der Waals surface area (Å²) < 4.78 is 5.22. The van der Waals surface area contributed by atoms with Crippen LogP contribution in [0.15, 0.2) is 51.9 Å². The van der Waals surface area contributed by atoms with E-state index in [4.69, 9.17) is 4.52 Å². The van der Waals surface area contributed by atoms with Crippen molar-refractivity contribution in [1.29, 1.82) is 0 Å². The Balaban J connectivity index is 1.67. The maximum absolute atomic E-state index is 12.9. The number of carbonyl (C=O) groups is 1. The van der Waals surface area contributed by atoms with Gasteiger partial charge < -0.3 is 19.8 Å². The van der Waals surface area contributed by atoms with Crippen LogP contribution in [-0.2, 0) is 6.42 Å². The molecule has 0 bridgehead atoms. The summed E-state index contributed by atoms with van der Waals surface area (Å²) >= 11 is 0. The number of aromatic nitrogens is 4. The van der Waals surface area contributed by atoms with Gasteiger partial charge in [0.15, 0.2) is 0 Å². The van der Waals surface area contributed by atoms with Crippen molar-refractivity contribution in [2.45, 2.75) is 39.2 Å². The van der Waals surface area contributed by atoms with Gasteiger partial charge >= 0.3 is 0 Å². The maximum atomic E-state index is 12.9. The molecular weight excluding hydrogens is 382 g/mol. The van der Waals surface area contributed by atoms with Crippen LogP contribution in [-0.4, -0.2) is 26.0 Å². The van der Waals surface area contributed by atoms with Gasteiger partial charge in [0, 0.05) is 35.7 Å². The molecule has 0 radical (unpaired) electrons. The lowest BCUT2D eigenvalue weighted by Gasteiger charge is -2.17. The Labute approximate surface area is 172 Å². The van der Waals surface area contributed by atoms with E-state index in [1.807, 2.05) is 44.3 Å². The monoisotopic (exact) mass is 405 g/mol. The number of nitrogens with zero attached hydrogens (tertiary/aromatic N) is 2. The fourth-order valence-electron chi connectivity index (χ4n) is 3.43. The van der Waals surface area contributed by atoms with Gasteiger partial charge in [0.05, 0.1) is 17.4 Å². The zero-order chi connectivity index (χ0) is 21.3. The van der Waals surface area contributed by atoms with E-state index in [0.29, 0.717) is 23.6 Å². The minimum atomic E-state index is -0.523. The Hall–Kier alpha value is -3.68. The molecule has 3 heterocycles. The van der Waals surface area contributed by atoms with Crippen molar-refractivity contribution in [2.24, 2.45) is 0 Å². The second kappa shape index (κ2) is 7.98. The number of nitrogens with one attached hydrogen (secondary N) is 3. The molecule has 0 saturated carbocycles. The van der Waals surface area contributed by atoms with E-state index in [-0.39, 0.29) is 17.2 Å². The van der Waals surface area contributed by atoms with Gasteiger partial charge in [-0.15, -0.1) is 0 Å². The van der Waals surface area contributed by atoms with Crippen LogP contribution in [0.25, 0.3) is 10.9 Å². The largest absolute Gasteiger partial charge is 0.361 e. The van der Waals surface area contributed by atoms with E-state index in [1.54, 1.807) is 13.0 Å². The van der Waals surface area contributed by atoms with Crippen molar-refractivity contribution < 1.29 is 9.32 Å². The van der Waals surface area contributed by atoms with Crippen molar-refractivity contribution in [3.8, 4) is 0 Å². The molecule has 0 aliphatic heterocycles. The van der Waals surface area contributed by atoms with Crippen molar-refractivity contribution in [3.05, 3.63) is 81.5 Å². The molecule has 1 atom stereocenters. The molecule has 4 rings (SSSR count). The molecule has 0 fully saturated rings. The Morgan fingerprint density at radius 2 is 2.00 bits per heavy atom. The van der Waals surface area contributed by atoms with Crippen LogP contribution in [0.2, 0.25) is 0 Å². The van der Waals surface area contributed by atoms with Crippen LogP contribution in [0, 0.1) is 6.92 Å². The van der Waals surface area contributed by atoms with Gasteiger partial charge in [-0.05, 0) is 24.5 Å². The first kappa shape index (κ1) is 19.6. The third kappa shape index (κ3) is 4.03. The summed E-state index contributed by atoms with van der Waals surface area (Å²) in [5.41, 5.74) is 2.94. The predicted octanol–water partition coefficient (Wildman–Crippen LogP) is 3.38. The average Bonchev–Trinajstić information content (AvgIpc) is 3.34. The minimum Gasteiger partial charge on any atom is -0.361 e. The van der Waals surface area contributed by atoms with Gasteiger partial charge in [0.25, 0.3) is 11.5 Å². The fraction of sp³-hybridized carbons (Fsp3) is 0.273. The second-order valence-electron chi connectivity index (χ2n) is 7.62. The molecule has 30 heavy (non-hydrogen) atoms. The molecule has 3 N–H and O–H groups in total. The second-order valence-corrected chi connectivity index (χ2v) is 7.62. The van der Waals surface area contributed by atoms with E-state index in [1.165, 1.54) is 6.07 Å². The van der Waals surface area contributed by atoms with Crippen molar-refractivity contribution in [1.82, 2.24) is 25.4 Å². The van der Waals surface area contributed by atoms with Gasteiger partial charge in [0.1, 0.15) is 5.82 Å². The summed E-state index contributed by atoms with van der Waals surface area (Å²) in [7, 11) is 0. The molecule has 4 aromatic rings. The highest BCUT2D eigenvalue weighted by Gasteiger charge is 2.23. The molecule has 8 heteroatoms. The van der Waals surface area contributed by atoms with E-state index >= 15 is 0 Å². The molecule has 0 unspecified atom stereocenters. The lowest BCUT2D eigenvalue weighted by atomic mass is 10.0. The lowest BCUT2D eigenvalue weighted by molar-refractivity contribution is 0.0898. The SMILES string of the molecule is Cc1nc([C@@H](Cc2c[nH]c3ccccc23)NC(=O)c2cc(C(C)C)no2)cc(=O)[nH]1. The first-order valence-corrected chi connectivity index (χ1v) is 9.81. The number of H-pyrrole nitrogens is 2. The van der Waals surface area contributed by atoms with Gasteiger partial charge in [-0.25, -0.2) is 4.98 Å². The molecule has 0 spiro atoms. The Bertz CT molecular complexity index is 1250. The molecule has 8 nitrogen and oxygen atoms in total. The minimum absolute atomic E-state index is 0.129. The first-order chi connectivity index (χ1) is 14.4. The summed E-state index contributed by atoms with van der Waals surface area (Å²) in [5.74, 6) is 0.356. The lowest BCUT2D eigenvalue weighted by Crippen LogP contribution is -2.31. The topological polar surface area (TPSA) is 117 Å². The van der Waals surface area contributed by atoms with Crippen molar-refractivity contribution >= 4 is 16.8 Å². The highest BCUT2D eigenvalue weighted by atomic mass is 16.5. The summed E-state index contributed by atoms with van der Waals surface area (Å²) in [6.07, 6.45) is 2.37. The molecule has 0 aliphatic carbocycles. The maximum Gasteiger partial charge on any atom is 0.290 e. The van der Waals surface area contributed by atoms with Crippen molar-refractivity contribution in [3.63, 3.8) is 0 Å². The number of amides is 1. The number of rotatable bonds is 6. The number of benzene rings is 1. The normalized spacial score (nSPS) is 12.4. The third-order valence-electron chi connectivity index (χ3n) is 4.98. The average molecular weight is 405 g/mol. The fourth-order valence-corrected chi connectivity index (χ4v) is 3.43. The van der Waals surface area contributed by atoms with Crippen LogP contribution < -0.4 is 10.9 Å². The van der Waals surface area contributed by atoms with Crippen LogP contribution >= 0.6 is 0 Å². The number of carbonyl (C=O) groups excluding carboxylic acids is 1. The molecule has 1 amide bonds. The third-order valence-corrected chi connectivity index (χ3v) is 4.98. The van der Waals surface area contributed by atoms with Crippen LogP contribution in [0.5, 0.6) is 0 Å². The van der Waals surface area contributed by atoms with Crippen LogP contribution in [0.4, 0.5) is 0 Å². The first-order valence-electron chi connectivity index (χ1n) is 9.81. The van der Waals surface area contributed by atoms with Crippen LogP contribution in [0.3, 0.4) is 0 Å². The highest BCUT2D eigenvalue weighted by Crippen LogP contribution is 2.24. The van der Waals surface area contributed by atoms with Gasteiger partial charge in [-0.3, -0.25) is 9.59 Å². The molecule has 1 aromatic carbocycles. The van der Waals surface area contributed by atoms with E-state index in [9.17, 15) is 9.59 Å². The van der Waals surface area contributed by atoms with E-state index in [0.717, 1.165) is 16.5 Å². The molecular formula is C22H23N5O3. The van der Waals surface area contributed by atoms with E-state index < -0.39 is 11.9 Å². The summed E-state index contributed by atoms with van der Waals surface area (Å²) in [6.45, 7) is 5.66. The number of aromatic amines is 2. The zero-order valence-corrected chi connectivity index (χ0v) is 17.0. The van der Waals surface area contributed by atoms with Gasteiger partial charge in [-0.2, -0.15) is 0 Å². The quantitative estimate of drug-likeness (QED) is 0.455. The summed E-state index contributed by atoms with van der Waals surface area (Å²) in [5, 5.41) is 7.96. The number of fused-ring (bicyclic) bond motifs is 1. The highest BCUT2D eigenvalue weighted by molar-refractivity contribution is 5.91. The summed E-state index contributed by atoms with van der Waals surface area (Å²) in [4.78, 5) is 35.2. The summed E-state index contributed by atoms with van der Waals surface area (Å²) in [6, 6.07) is 10.5. The Morgan fingerprint density at radius 1 is 1.20 bits per heavy atom. The molecule has 0 saturated heterocycles. The number of hydrogen-bond acceptors (Lipinski definition) is 5. The van der Waals surface area contributed by atoms with Gasteiger partial charge in [-0.1, -0.05) is 37.2 Å². The molecule has 0 aliphatic rings. The van der Waals surface area contributed by atoms with Crippen molar-refractivity contribution in [2.75, 3.05) is 0 Å². The molecule has 154 valence electrons. The standard InChI is InChI=1S/C22H23N5O3/c1-12(2)17-9-20(30-27-17)22(29)26-18(19-10-21(28)25-13(3)24-19)8-14-11-23-16-7-5-4-6-15(14)16/h4-7,9-12,18,23H,8H2,1-3H3,(H,26,29)(H,24,25,28)/t18-/m1/s1. The number of para-hydroxylation sites is 1. The predicted molar refractivity (Wildman–Crippen MR) is 112 cm³/mol. The Kier molecular flexibility index (Phi) is 5.22. The smallest absolute Gasteiger partial charge is 0.290 e. The van der Waals surface area contributed by atoms with Gasteiger partial charge in [0.2, 0.25) is 5.76 Å².